The van der Waals surface area contributed by atoms with Gasteiger partial charge in [-0.1, -0.05) is 5.21 Å². The highest BCUT2D eigenvalue weighted by atomic mass is 32.2. The second kappa shape index (κ2) is 4.71. The van der Waals surface area contributed by atoms with Crippen molar-refractivity contribution in [3.8, 4) is 0 Å². The van der Waals surface area contributed by atoms with Crippen LogP contribution in [0.3, 0.4) is 0 Å². The van der Waals surface area contributed by atoms with Gasteiger partial charge in [-0.2, -0.15) is 0 Å². The molecule has 96 valence electrons. The summed E-state index contributed by atoms with van der Waals surface area (Å²) in [5.41, 5.74) is 0.538. The van der Waals surface area contributed by atoms with Gasteiger partial charge < -0.3 is 5.11 Å². The SMILES string of the molecule is CS(=O)(=O)N1CCC(n2cc(CO)nn2)CC1. The van der Waals surface area contributed by atoms with E-state index in [0.29, 0.717) is 18.8 Å². The maximum Gasteiger partial charge on any atom is 0.211 e. The summed E-state index contributed by atoms with van der Waals surface area (Å²) in [6.07, 6.45) is 4.38. The molecule has 1 fully saturated rings. The molecule has 0 aromatic carbocycles. The lowest BCUT2D eigenvalue weighted by Crippen LogP contribution is -2.38. The molecule has 1 aliphatic heterocycles. The minimum Gasteiger partial charge on any atom is -0.390 e. The molecule has 1 aromatic heterocycles. The monoisotopic (exact) mass is 260 g/mol. The van der Waals surface area contributed by atoms with E-state index in [1.807, 2.05) is 0 Å². The van der Waals surface area contributed by atoms with Crippen LogP contribution in [0.1, 0.15) is 24.6 Å². The molecule has 1 saturated heterocycles. The average Bonchev–Trinajstić information content (AvgIpc) is 2.76. The molecule has 0 spiro atoms. The van der Waals surface area contributed by atoms with Crippen LogP contribution >= 0.6 is 0 Å². The number of sulfonamides is 1. The Labute approximate surface area is 100 Å². The summed E-state index contributed by atoms with van der Waals surface area (Å²) < 4.78 is 25.9. The van der Waals surface area contributed by atoms with E-state index in [0.717, 1.165) is 12.8 Å². The number of hydrogen-bond acceptors (Lipinski definition) is 5. The highest BCUT2D eigenvalue weighted by Gasteiger charge is 2.26. The van der Waals surface area contributed by atoms with Crippen LogP contribution in [0.5, 0.6) is 0 Å². The number of aliphatic hydroxyl groups is 1. The average molecular weight is 260 g/mol. The van der Waals surface area contributed by atoms with Gasteiger partial charge in [0, 0.05) is 13.1 Å². The summed E-state index contributed by atoms with van der Waals surface area (Å²) in [6.45, 7) is 0.901. The van der Waals surface area contributed by atoms with E-state index in [4.69, 9.17) is 5.11 Å². The largest absolute Gasteiger partial charge is 0.390 e. The predicted octanol–water partition coefficient (Wildman–Crippen LogP) is -0.633. The minimum absolute atomic E-state index is 0.123. The van der Waals surface area contributed by atoms with Crippen molar-refractivity contribution in [2.75, 3.05) is 19.3 Å². The third kappa shape index (κ3) is 2.82. The molecular formula is C9H16N4O3S. The summed E-state index contributed by atoms with van der Waals surface area (Å²) in [4.78, 5) is 0. The molecule has 0 unspecified atom stereocenters. The van der Waals surface area contributed by atoms with Crippen LogP contribution in [0, 0.1) is 0 Å². The Morgan fingerprint density at radius 3 is 2.59 bits per heavy atom. The molecule has 0 saturated carbocycles. The molecule has 2 rings (SSSR count). The third-order valence-electron chi connectivity index (χ3n) is 2.99. The van der Waals surface area contributed by atoms with Gasteiger partial charge in [-0.05, 0) is 12.8 Å². The van der Waals surface area contributed by atoms with Crippen molar-refractivity contribution in [2.45, 2.75) is 25.5 Å². The predicted molar refractivity (Wildman–Crippen MR) is 60.6 cm³/mol. The van der Waals surface area contributed by atoms with Crippen molar-refractivity contribution in [3.05, 3.63) is 11.9 Å². The van der Waals surface area contributed by atoms with Crippen molar-refractivity contribution in [1.82, 2.24) is 19.3 Å². The zero-order valence-corrected chi connectivity index (χ0v) is 10.5. The van der Waals surface area contributed by atoms with Gasteiger partial charge in [0.2, 0.25) is 10.0 Å². The second-order valence-electron chi connectivity index (χ2n) is 4.24. The van der Waals surface area contributed by atoms with E-state index in [1.54, 1.807) is 10.9 Å². The molecule has 0 amide bonds. The fourth-order valence-electron chi connectivity index (χ4n) is 2.00. The Hall–Kier alpha value is -0.990. The molecule has 0 radical (unpaired) electrons. The molecular weight excluding hydrogens is 244 g/mol. The Balaban J connectivity index is 1.99. The van der Waals surface area contributed by atoms with Crippen LogP contribution in [-0.4, -0.2) is 52.2 Å². The lowest BCUT2D eigenvalue weighted by molar-refractivity contribution is 0.259. The first-order valence-electron chi connectivity index (χ1n) is 5.47. The number of hydrogen-bond donors (Lipinski definition) is 1. The van der Waals surface area contributed by atoms with Crippen LogP contribution in [-0.2, 0) is 16.6 Å². The van der Waals surface area contributed by atoms with Gasteiger partial charge in [0.25, 0.3) is 0 Å². The fraction of sp³-hybridized carbons (Fsp3) is 0.778. The van der Waals surface area contributed by atoms with E-state index in [1.165, 1.54) is 10.6 Å². The lowest BCUT2D eigenvalue weighted by Gasteiger charge is -2.29. The molecule has 17 heavy (non-hydrogen) atoms. The maximum absolute atomic E-state index is 11.3. The zero-order valence-electron chi connectivity index (χ0n) is 9.65. The smallest absolute Gasteiger partial charge is 0.211 e. The highest BCUT2D eigenvalue weighted by Crippen LogP contribution is 2.22. The molecule has 0 bridgehead atoms. The highest BCUT2D eigenvalue weighted by molar-refractivity contribution is 7.88. The molecule has 2 heterocycles. The van der Waals surface area contributed by atoms with Crippen LogP contribution in [0.2, 0.25) is 0 Å². The quantitative estimate of drug-likeness (QED) is 0.781. The summed E-state index contributed by atoms with van der Waals surface area (Å²) in [5.74, 6) is 0. The summed E-state index contributed by atoms with van der Waals surface area (Å²) in [5, 5.41) is 16.6. The molecule has 0 aliphatic carbocycles. The van der Waals surface area contributed by atoms with Gasteiger partial charge in [-0.3, -0.25) is 0 Å². The van der Waals surface area contributed by atoms with E-state index in [2.05, 4.69) is 10.3 Å². The fourth-order valence-corrected chi connectivity index (χ4v) is 2.88. The van der Waals surface area contributed by atoms with Gasteiger partial charge in [0.15, 0.2) is 0 Å². The minimum atomic E-state index is -3.08. The first-order chi connectivity index (χ1) is 8.00. The normalized spacial score (nSPS) is 19.6. The molecule has 1 aromatic rings. The molecule has 8 heteroatoms. The van der Waals surface area contributed by atoms with Crippen molar-refractivity contribution < 1.29 is 13.5 Å². The molecule has 0 atom stereocenters. The van der Waals surface area contributed by atoms with E-state index >= 15 is 0 Å². The summed E-state index contributed by atoms with van der Waals surface area (Å²) >= 11 is 0. The summed E-state index contributed by atoms with van der Waals surface area (Å²) in [6, 6.07) is 0.167. The Morgan fingerprint density at radius 1 is 1.47 bits per heavy atom. The van der Waals surface area contributed by atoms with E-state index in [-0.39, 0.29) is 12.6 Å². The second-order valence-corrected chi connectivity index (χ2v) is 6.22. The Kier molecular flexibility index (Phi) is 3.45. The Morgan fingerprint density at radius 2 is 2.12 bits per heavy atom. The first-order valence-corrected chi connectivity index (χ1v) is 7.32. The van der Waals surface area contributed by atoms with Gasteiger partial charge in [-0.25, -0.2) is 17.4 Å². The van der Waals surface area contributed by atoms with Crippen LogP contribution in [0.4, 0.5) is 0 Å². The van der Waals surface area contributed by atoms with Crippen LogP contribution < -0.4 is 0 Å². The number of aliphatic hydroxyl groups excluding tert-OH is 1. The standard InChI is InChI=1S/C9H16N4O3S/c1-17(15,16)12-4-2-9(3-5-12)13-6-8(7-14)10-11-13/h6,9,14H,2-5,7H2,1H3. The topological polar surface area (TPSA) is 88.3 Å². The lowest BCUT2D eigenvalue weighted by atomic mass is 10.1. The number of nitrogens with zero attached hydrogens (tertiary/aromatic N) is 4. The Bertz CT molecular complexity index is 476. The summed E-state index contributed by atoms with van der Waals surface area (Å²) in [7, 11) is -3.08. The molecule has 7 nitrogen and oxygen atoms in total. The number of rotatable bonds is 3. The van der Waals surface area contributed by atoms with E-state index in [9.17, 15) is 8.42 Å². The van der Waals surface area contributed by atoms with Crippen molar-refractivity contribution in [2.24, 2.45) is 0 Å². The van der Waals surface area contributed by atoms with Crippen molar-refractivity contribution >= 4 is 10.0 Å². The van der Waals surface area contributed by atoms with Crippen molar-refractivity contribution in [1.29, 1.82) is 0 Å². The first kappa shape index (κ1) is 12.5. The molecule has 1 aliphatic rings. The number of aromatic nitrogens is 3. The van der Waals surface area contributed by atoms with Gasteiger partial charge in [0.1, 0.15) is 5.69 Å². The maximum atomic E-state index is 11.3. The zero-order chi connectivity index (χ0) is 12.5. The van der Waals surface area contributed by atoms with Gasteiger partial charge >= 0.3 is 0 Å². The van der Waals surface area contributed by atoms with Gasteiger partial charge in [0.05, 0.1) is 25.1 Å². The van der Waals surface area contributed by atoms with E-state index < -0.39 is 10.0 Å². The third-order valence-corrected chi connectivity index (χ3v) is 4.29. The number of piperidine rings is 1. The van der Waals surface area contributed by atoms with Crippen molar-refractivity contribution in [3.63, 3.8) is 0 Å². The van der Waals surface area contributed by atoms with Gasteiger partial charge in [-0.15, -0.1) is 5.10 Å². The molecule has 1 N–H and O–H groups in total. The van der Waals surface area contributed by atoms with Crippen LogP contribution in [0.25, 0.3) is 0 Å². The van der Waals surface area contributed by atoms with Crippen LogP contribution in [0.15, 0.2) is 6.20 Å².